The number of fused-ring (bicyclic) bond motifs is 1. The molecule has 0 fully saturated rings. The zero-order valence-corrected chi connectivity index (χ0v) is 10.2. The molecule has 1 aromatic heterocycles. The molecule has 0 radical (unpaired) electrons. The second kappa shape index (κ2) is 4.77. The van der Waals surface area contributed by atoms with Gasteiger partial charge in [0.15, 0.2) is 17.3 Å². The lowest BCUT2D eigenvalue weighted by Gasteiger charge is -2.23. The fourth-order valence-electron chi connectivity index (χ4n) is 1.77. The van der Waals surface area contributed by atoms with Gasteiger partial charge in [-0.3, -0.25) is 0 Å². The van der Waals surface area contributed by atoms with Crippen molar-refractivity contribution in [1.29, 1.82) is 0 Å². The first kappa shape index (κ1) is 11.8. The van der Waals surface area contributed by atoms with Crippen molar-refractivity contribution in [1.82, 2.24) is 10.1 Å². The number of rotatable bonds is 3. The van der Waals surface area contributed by atoms with Gasteiger partial charge in [0.05, 0.1) is 0 Å². The van der Waals surface area contributed by atoms with Crippen molar-refractivity contribution >= 4 is 0 Å². The van der Waals surface area contributed by atoms with E-state index in [4.69, 9.17) is 18.7 Å². The maximum atomic E-state index is 9.42. The summed E-state index contributed by atoms with van der Waals surface area (Å²) >= 11 is 0. The average Bonchev–Trinajstić information content (AvgIpc) is 2.87. The van der Waals surface area contributed by atoms with Crippen molar-refractivity contribution in [3.8, 4) is 17.2 Å². The number of hydrogen-bond acceptors (Lipinski definition) is 7. The van der Waals surface area contributed by atoms with Crippen LogP contribution >= 0.6 is 0 Å². The maximum Gasteiger partial charge on any atom is 0.271 e. The minimum Gasteiger partial charge on any atom is -0.508 e. The molecule has 19 heavy (non-hydrogen) atoms. The van der Waals surface area contributed by atoms with Crippen molar-refractivity contribution < 1.29 is 23.8 Å². The summed E-state index contributed by atoms with van der Waals surface area (Å²) in [5.41, 5.74) is 0. The molecule has 2 heterocycles. The first-order valence-electron chi connectivity index (χ1n) is 5.70. The Kier molecular flexibility index (Phi) is 2.96. The van der Waals surface area contributed by atoms with Crippen LogP contribution in [0.4, 0.5) is 0 Å². The second-order valence-electron chi connectivity index (χ2n) is 4.03. The topological polar surface area (TPSA) is 86.8 Å². The number of ether oxygens (including phenoxy) is 3. The Morgan fingerprint density at radius 3 is 3.16 bits per heavy atom. The summed E-state index contributed by atoms with van der Waals surface area (Å²) in [7, 11) is 1.55. The summed E-state index contributed by atoms with van der Waals surface area (Å²) in [5.74, 6) is 1.89. The summed E-state index contributed by atoms with van der Waals surface area (Å²) in [6.45, 7) is 0.543. The summed E-state index contributed by atoms with van der Waals surface area (Å²) in [4.78, 5) is 4.15. The Hall–Kier alpha value is -2.28. The highest BCUT2D eigenvalue weighted by Crippen LogP contribution is 2.38. The van der Waals surface area contributed by atoms with Crippen LogP contribution in [0.3, 0.4) is 0 Å². The first-order chi connectivity index (χ1) is 9.26. The van der Waals surface area contributed by atoms with Crippen LogP contribution in [0.2, 0.25) is 0 Å². The molecule has 1 aliphatic rings. The number of aromatic hydroxyl groups is 1. The Labute approximate surface area is 108 Å². The molecule has 0 saturated heterocycles. The van der Waals surface area contributed by atoms with Crippen LogP contribution in [0.25, 0.3) is 0 Å². The van der Waals surface area contributed by atoms with E-state index in [0.717, 1.165) is 0 Å². The van der Waals surface area contributed by atoms with Crippen LogP contribution in [-0.4, -0.2) is 29.0 Å². The summed E-state index contributed by atoms with van der Waals surface area (Å²) in [6.07, 6.45) is -0.493. The smallest absolute Gasteiger partial charge is 0.271 e. The van der Waals surface area contributed by atoms with E-state index >= 15 is 0 Å². The van der Waals surface area contributed by atoms with E-state index in [9.17, 15) is 5.11 Å². The van der Waals surface area contributed by atoms with Crippen LogP contribution in [0, 0.1) is 0 Å². The van der Waals surface area contributed by atoms with Crippen LogP contribution in [-0.2, 0) is 11.3 Å². The lowest BCUT2D eigenvalue weighted by atomic mass is 10.2. The molecule has 1 aliphatic heterocycles. The molecule has 1 unspecified atom stereocenters. The van der Waals surface area contributed by atoms with Gasteiger partial charge < -0.3 is 23.8 Å². The molecule has 1 atom stereocenters. The molecule has 0 saturated carbocycles. The van der Waals surface area contributed by atoms with Gasteiger partial charge in [-0.05, 0) is 12.1 Å². The molecule has 1 aromatic carbocycles. The number of benzene rings is 1. The highest BCUT2D eigenvalue weighted by atomic mass is 16.6. The lowest BCUT2D eigenvalue weighted by Crippen LogP contribution is -2.21. The molecular formula is C12H12N2O5. The van der Waals surface area contributed by atoms with Crippen molar-refractivity contribution in [2.75, 3.05) is 13.7 Å². The second-order valence-corrected chi connectivity index (χ2v) is 4.03. The number of phenolic OH excluding ortho intramolecular Hbond substituents is 1. The van der Waals surface area contributed by atoms with Crippen LogP contribution in [0.15, 0.2) is 22.7 Å². The van der Waals surface area contributed by atoms with Gasteiger partial charge in [0.2, 0.25) is 6.10 Å². The zero-order valence-electron chi connectivity index (χ0n) is 10.2. The Balaban J connectivity index is 1.80. The van der Waals surface area contributed by atoms with Gasteiger partial charge in [-0.15, -0.1) is 0 Å². The van der Waals surface area contributed by atoms with Gasteiger partial charge in [0, 0.05) is 13.2 Å². The van der Waals surface area contributed by atoms with E-state index in [0.29, 0.717) is 23.2 Å². The summed E-state index contributed by atoms with van der Waals surface area (Å²) < 4.78 is 21.2. The first-order valence-corrected chi connectivity index (χ1v) is 5.70. The predicted molar refractivity (Wildman–Crippen MR) is 62.0 cm³/mol. The van der Waals surface area contributed by atoms with Crippen LogP contribution in [0.5, 0.6) is 17.2 Å². The van der Waals surface area contributed by atoms with Crippen LogP contribution < -0.4 is 9.47 Å². The molecular weight excluding hydrogens is 252 g/mol. The number of hydrogen-bond donors (Lipinski definition) is 1. The molecule has 7 nitrogen and oxygen atoms in total. The quantitative estimate of drug-likeness (QED) is 0.897. The van der Waals surface area contributed by atoms with Crippen molar-refractivity contribution in [3.63, 3.8) is 0 Å². The standard InChI is InChI=1S/C12H12N2O5/c1-16-6-11-13-12(19-14-11)10-5-17-8-3-2-7(15)4-9(8)18-10/h2-4,10,15H,5-6H2,1H3. The molecule has 100 valence electrons. The fraction of sp³-hybridized carbons (Fsp3) is 0.333. The third-order valence-corrected chi connectivity index (χ3v) is 2.62. The highest BCUT2D eigenvalue weighted by Gasteiger charge is 2.27. The van der Waals surface area contributed by atoms with Gasteiger partial charge in [0.25, 0.3) is 5.89 Å². The normalized spacial score (nSPS) is 17.4. The SMILES string of the molecule is COCc1noc(C2COc3ccc(O)cc3O2)n1. The van der Waals surface area contributed by atoms with Gasteiger partial charge in [-0.1, -0.05) is 5.16 Å². The third kappa shape index (κ3) is 2.32. The minimum absolute atomic E-state index is 0.105. The van der Waals surface area contributed by atoms with Gasteiger partial charge in [-0.25, -0.2) is 0 Å². The molecule has 0 bridgehead atoms. The van der Waals surface area contributed by atoms with Crippen molar-refractivity contribution in [3.05, 3.63) is 29.9 Å². The fourth-order valence-corrected chi connectivity index (χ4v) is 1.77. The van der Waals surface area contributed by atoms with E-state index in [1.807, 2.05) is 0 Å². The Morgan fingerprint density at radius 1 is 1.42 bits per heavy atom. The van der Waals surface area contributed by atoms with Gasteiger partial charge in [-0.2, -0.15) is 4.98 Å². The maximum absolute atomic E-state index is 9.42. The zero-order chi connectivity index (χ0) is 13.2. The monoisotopic (exact) mass is 264 g/mol. The van der Waals surface area contributed by atoms with Crippen LogP contribution in [0.1, 0.15) is 17.8 Å². The Morgan fingerprint density at radius 2 is 2.32 bits per heavy atom. The number of phenols is 1. The molecule has 2 aromatic rings. The highest BCUT2D eigenvalue weighted by molar-refractivity contribution is 5.46. The predicted octanol–water partition coefficient (Wildman–Crippen LogP) is 1.43. The molecule has 7 heteroatoms. The molecule has 3 rings (SSSR count). The lowest BCUT2D eigenvalue weighted by molar-refractivity contribution is 0.0662. The van der Waals surface area contributed by atoms with Gasteiger partial charge >= 0.3 is 0 Å². The summed E-state index contributed by atoms with van der Waals surface area (Å²) in [5, 5.41) is 13.2. The van der Waals surface area contributed by atoms with E-state index in [2.05, 4.69) is 10.1 Å². The van der Waals surface area contributed by atoms with Gasteiger partial charge in [0.1, 0.15) is 19.0 Å². The molecule has 0 amide bonds. The van der Waals surface area contributed by atoms with Crippen molar-refractivity contribution in [2.45, 2.75) is 12.7 Å². The molecule has 1 N–H and O–H groups in total. The number of methoxy groups -OCH3 is 1. The van der Waals surface area contributed by atoms with Crippen molar-refractivity contribution in [2.24, 2.45) is 0 Å². The molecule has 0 aliphatic carbocycles. The average molecular weight is 264 g/mol. The number of nitrogens with zero attached hydrogens (tertiary/aromatic N) is 2. The molecule has 0 spiro atoms. The Bertz CT molecular complexity index is 583. The largest absolute Gasteiger partial charge is 0.508 e. The van der Waals surface area contributed by atoms with E-state index in [1.165, 1.54) is 12.1 Å². The van der Waals surface area contributed by atoms with E-state index < -0.39 is 6.10 Å². The number of aromatic nitrogens is 2. The summed E-state index contributed by atoms with van der Waals surface area (Å²) in [6, 6.07) is 4.66. The van der Waals surface area contributed by atoms with E-state index in [1.54, 1.807) is 13.2 Å². The van der Waals surface area contributed by atoms with E-state index in [-0.39, 0.29) is 19.0 Å². The minimum atomic E-state index is -0.493. The third-order valence-electron chi connectivity index (χ3n) is 2.62.